The van der Waals surface area contributed by atoms with Gasteiger partial charge in [0.2, 0.25) is 0 Å². The lowest BCUT2D eigenvalue weighted by Gasteiger charge is -2.26. The second-order valence-corrected chi connectivity index (χ2v) is 7.33. The van der Waals surface area contributed by atoms with Crippen LogP contribution in [0.1, 0.15) is 6.42 Å². The van der Waals surface area contributed by atoms with Gasteiger partial charge in [-0.15, -0.1) is 0 Å². The molecule has 0 spiro atoms. The van der Waals surface area contributed by atoms with Gasteiger partial charge in [-0.2, -0.15) is 0 Å². The molecule has 0 aliphatic carbocycles. The molecule has 5 nitrogen and oxygen atoms in total. The summed E-state index contributed by atoms with van der Waals surface area (Å²) >= 11 is 5.79. The Kier molecular flexibility index (Phi) is 5.01. The first kappa shape index (κ1) is 14.6. The average molecular weight is 304 g/mol. The van der Waals surface area contributed by atoms with Crippen LogP contribution in [0.25, 0.3) is 0 Å². The van der Waals surface area contributed by atoms with E-state index in [1.165, 1.54) is 0 Å². The number of hydrogen-bond acceptors (Lipinski definition) is 5. The molecule has 2 heterocycles. The summed E-state index contributed by atoms with van der Waals surface area (Å²) in [6.45, 7) is 3.07. The van der Waals surface area contributed by atoms with Gasteiger partial charge < -0.3 is 10.2 Å². The molecule has 0 saturated carbocycles. The van der Waals surface area contributed by atoms with Gasteiger partial charge in [-0.25, -0.2) is 13.4 Å². The fourth-order valence-corrected chi connectivity index (χ4v) is 3.47. The zero-order valence-electron chi connectivity index (χ0n) is 10.7. The number of pyridine rings is 1. The molecule has 0 radical (unpaired) electrons. The third kappa shape index (κ3) is 4.97. The van der Waals surface area contributed by atoms with Crippen LogP contribution in [0.15, 0.2) is 18.3 Å². The van der Waals surface area contributed by atoms with Crippen LogP contribution >= 0.6 is 11.6 Å². The average Bonchev–Trinajstić information content (AvgIpc) is 2.36. The van der Waals surface area contributed by atoms with Crippen molar-refractivity contribution in [2.45, 2.75) is 6.42 Å². The Bertz CT molecular complexity index is 507. The minimum Gasteiger partial charge on any atom is -0.385 e. The molecular formula is C12H18ClN3O2S. The Morgan fingerprint density at radius 2 is 2.11 bits per heavy atom. The second kappa shape index (κ2) is 6.54. The molecule has 1 aromatic heterocycles. The molecule has 1 N–H and O–H groups in total. The van der Waals surface area contributed by atoms with Crippen molar-refractivity contribution in [1.29, 1.82) is 0 Å². The largest absolute Gasteiger partial charge is 0.385 e. The maximum absolute atomic E-state index is 11.3. The van der Waals surface area contributed by atoms with Gasteiger partial charge in [0.25, 0.3) is 0 Å². The van der Waals surface area contributed by atoms with E-state index in [4.69, 9.17) is 11.6 Å². The number of hydrogen-bond donors (Lipinski definition) is 1. The summed E-state index contributed by atoms with van der Waals surface area (Å²) in [5.74, 6) is 0.584. The number of anilines is 1. The van der Waals surface area contributed by atoms with E-state index < -0.39 is 9.84 Å². The van der Waals surface area contributed by atoms with Crippen molar-refractivity contribution in [3.05, 3.63) is 23.5 Å². The fraction of sp³-hybridized carbons (Fsp3) is 0.583. The fourth-order valence-electron chi connectivity index (χ4n) is 2.02. The molecule has 1 fully saturated rings. The van der Waals surface area contributed by atoms with Crippen LogP contribution in [0.2, 0.25) is 5.15 Å². The summed E-state index contributed by atoms with van der Waals surface area (Å²) in [4.78, 5) is 6.11. The number of halogens is 1. The van der Waals surface area contributed by atoms with Crippen LogP contribution in [0.5, 0.6) is 0 Å². The van der Waals surface area contributed by atoms with Crippen molar-refractivity contribution in [2.75, 3.05) is 43.0 Å². The predicted molar refractivity (Wildman–Crippen MR) is 77.4 cm³/mol. The van der Waals surface area contributed by atoms with E-state index in [-0.39, 0.29) is 0 Å². The van der Waals surface area contributed by atoms with Crippen LogP contribution in [-0.2, 0) is 9.84 Å². The van der Waals surface area contributed by atoms with Crippen LogP contribution < -0.4 is 5.32 Å². The number of aromatic nitrogens is 1. The lowest BCUT2D eigenvalue weighted by atomic mass is 10.3. The van der Waals surface area contributed by atoms with Crippen LogP contribution in [0.4, 0.5) is 5.69 Å². The topological polar surface area (TPSA) is 62.3 Å². The first-order valence-electron chi connectivity index (χ1n) is 6.33. The van der Waals surface area contributed by atoms with Crippen molar-refractivity contribution in [3.63, 3.8) is 0 Å². The van der Waals surface area contributed by atoms with Crippen molar-refractivity contribution in [3.8, 4) is 0 Å². The molecule has 0 unspecified atom stereocenters. The normalized spacial score (nSPS) is 19.2. The Morgan fingerprint density at radius 1 is 1.37 bits per heavy atom. The smallest absolute Gasteiger partial charge is 0.152 e. The third-order valence-corrected chi connectivity index (χ3v) is 4.96. The van der Waals surface area contributed by atoms with Crippen LogP contribution in [0.3, 0.4) is 0 Å². The summed E-state index contributed by atoms with van der Waals surface area (Å²) in [7, 11) is -2.77. The van der Waals surface area contributed by atoms with E-state index in [0.29, 0.717) is 29.7 Å². The van der Waals surface area contributed by atoms with Gasteiger partial charge in [0.05, 0.1) is 11.5 Å². The molecule has 19 heavy (non-hydrogen) atoms. The zero-order valence-corrected chi connectivity index (χ0v) is 12.3. The number of nitrogens with zero attached hydrogens (tertiary/aromatic N) is 2. The first-order chi connectivity index (χ1) is 9.05. The van der Waals surface area contributed by atoms with Crippen molar-refractivity contribution in [2.24, 2.45) is 0 Å². The summed E-state index contributed by atoms with van der Waals surface area (Å²) in [5.41, 5.74) is 0.959. The summed E-state index contributed by atoms with van der Waals surface area (Å²) < 4.78 is 22.6. The van der Waals surface area contributed by atoms with E-state index in [0.717, 1.165) is 25.2 Å². The lowest BCUT2D eigenvalue weighted by molar-refractivity contribution is 0.295. The van der Waals surface area contributed by atoms with E-state index >= 15 is 0 Å². The molecule has 1 aromatic rings. The SMILES string of the molecule is O=S1(=O)CCN(CCCNc2ccnc(Cl)c2)CC1. The minimum atomic E-state index is -2.77. The Morgan fingerprint density at radius 3 is 2.79 bits per heavy atom. The van der Waals surface area contributed by atoms with Gasteiger partial charge in [-0.1, -0.05) is 11.6 Å². The van der Waals surface area contributed by atoms with Gasteiger partial charge >= 0.3 is 0 Å². The van der Waals surface area contributed by atoms with Crippen molar-refractivity contribution in [1.82, 2.24) is 9.88 Å². The van der Waals surface area contributed by atoms with E-state index in [2.05, 4.69) is 15.2 Å². The molecular weight excluding hydrogens is 286 g/mol. The van der Waals surface area contributed by atoms with Gasteiger partial charge in [-0.3, -0.25) is 0 Å². The lowest BCUT2D eigenvalue weighted by Crippen LogP contribution is -2.41. The molecule has 2 rings (SSSR count). The van der Waals surface area contributed by atoms with Gasteiger partial charge in [0.1, 0.15) is 5.15 Å². The number of nitrogens with one attached hydrogen (secondary N) is 1. The van der Waals surface area contributed by atoms with Gasteiger partial charge in [0, 0.05) is 31.5 Å². The van der Waals surface area contributed by atoms with Crippen LogP contribution in [-0.4, -0.2) is 56.0 Å². The highest BCUT2D eigenvalue weighted by molar-refractivity contribution is 7.91. The molecule has 0 atom stereocenters. The molecule has 1 aliphatic heterocycles. The highest BCUT2D eigenvalue weighted by Crippen LogP contribution is 2.11. The maximum atomic E-state index is 11.3. The van der Waals surface area contributed by atoms with E-state index in [1.807, 2.05) is 6.07 Å². The quantitative estimate of drug-likeness (QED) is 0.655. The van der Waals surface area contributed by atoms with Crippen molar-refractivity contribution < 1.29 is 8.42 Å². The van der Waals surface area contributed by atoms with E-state index in [9.17, 15) is 8.42 Å². The molecule has 0 aromatic carbocycles. The summed E-state index contributed by atoms with van der Waals surface area (Å²) in [6.07, 6.45) is 2.64. The van der Waals surface area contributed by atoms with Crippen molar-refractivity contribution >= 4 is 27.1 Å². The third-order valence-electron chi connectivity index (χ3n) is 3.14. The Labute approximate surface area is 118 Å². The minimum absolute atomic E-state index is 0.292. The standard InChI is InChI=1S/C12H18ClN3O2S/c13-12-10-11(2-4-15-12)14-3-1-5-16-6-8-19(17,18)9-7-16/h2,4,10H,1,3,5-9H2,(H,14,15). The predicted octanol–water partition coefficient (Wildman–Crippen LogP) is 1.27. The molecule has 0 bridgehead atoms. The van der Waals surface area contributed by atoms with Gasteiger partial charge in [0.15, 0.2) is 9.84 Å². The first-order valence-corrected chi connectivity index (χ1v) is 8.53. The Balaban J connectivity index is 1.65. The summed E-state index contributed by atoms with van der Waals surface area (Å²) in [5, 5.41) is 3.75. The highest BCUT2D eigenvalue weighted by atomic mass is 35.5. The van der Waals surface area contributed by atoms with E-state index in [1.54, 1.807) is 12.3 Å². The maximum Gasteiger partial charge on any atom is 0.152 e. The molecule has 7 heteroatoms. The van der Waals surface area contributed by atoms with Gasteiger partial charge in [-0.05, 0) is 25.1 Å². The molecule has 1 saturated heterocycles. The van der Waals surface area contributed by atoms with Crippen LogP contribution in [0, 0.1) is 0 Å². The second-order valence-electron chi connectivity index (χ2n) is 4.64. The summed E-state index contributed by atoms with van der Waals surface area (Å²) in [6, 6.07) is 3.66. The molecule has 1 aliphatic rings. The zero-order chi connectivity index (χ0) is 13.7. The number of rotatable bonds is 5. The monoisotopic (exact) mass is 303 g/mol. The molecule has 106 valence electrons. The Hall–Kier alpha value is -0.850. The number of sulfone groups is 1. The molecule has 0 amide bonds. The highest BCUT2D eigenvalue weighted by Gasteiger charge is 2.20.